The summed E-state index contributed by atoms with van der Waals surface area (Å²) < 4.78 is 0. The summed E-state index contributed by atoms with van der Waals surface area (Å²) in [5, 5.41) is 0. The topological polar surface area (TPSA) is 0 Å². The van der Waals surface area contributed by atoms with Crippen LogP contribution in [0, 0.1) is 0 Å². The average Bonchev–Trinajstić information content (AvgIpc) is 2.96. The van der Waals surface area contributed by atoms with Gasteiger partial charge >= 0.3 is 0 Å². The van der Waals surface area contributed by atoms with Gasteiger partial charge in [0.05, 0.1) is 0 Å². The molecule has 0 aliphatic heterocycles. The van der Waals surface area contributed by atoms with Crippen molar-refractivity contribution < 1.29 is 0 Å². The van der Waals surface area contributed by atoms with Crippen molar-refractivity contribution >= 4 is 0 Å². The lowest BCUT2D eigenvalue weighted by Crippen LogP contribution is -2.30. The molecule has 3 rings (SSSR count). The standard InChI is InChI=1S/C19H22.C2H6.C2H4/c1-2-6-12-17(11-5-1)19(15-9-4-10-16-19)18-13-7-3-8-14-18;2*1-2/h1,3,5-8,11-14H,2,4,9-10,15-16H2;1-2H3;1-2H2. The average molecular weight is 309 g/mol. The van der Waals surface area contributed by atoms with Gasteiger partial charge in [0, 0.05) is 5.41 Å². The molecule has 0 unspecified atom stereocenters. The maximum absolute atomic E-state index is 3.00. The Morgan fingerprint density at radius 3 is 2.17 bits per heavy atom. The van der Waals surface area contributed by atoms with Crippen LogP contribution in [0.4, 0.5) is 0 Å². The van der Waals surface area contributed by atoms with Gasteiger partial charge in [-0.3, -0.25) is 0 Å². The van der Waals surface area contributed by atoms with Crippen LogP contribution in [0.15, 0.2) is 79.4 Å². The van der Waals surface area contributed by atoms with Gasteiger partial charge in [-0.1, -0.05) is 93.8 Å². The molecule has 0 spiro atoms. The molecule has 1 aromatic rings. The summed E-state index contributed by atoms with van der Waals surface area (Å²) in [6, 6.07) is 11.1. The molecular formula is C23H32. The lowest BCUT2D eigenvalue weighted by Gasteiger charge is -2.39. The first-order valence-electron chi connectivity index (χ1n) is 9.01. The van der Waals surface area contributed by atoms with Crippen molar-refractivity contribution in [2.24, 2.45) is 0 Å². The van der Waals surface area contributed by atoms with Crippen LogP contribution in [0.25, 0.3) is 0 Å². The molecule has 0 N–H and O–H groups in total. The molecule has 0 bridgehead atoms. The number of hydrogen-bond donors (Lipinski definition) is 0. The normalized spacial score (nSPS) is 18.4. The van der Waals surface area contributed by atoms with Gasteiger partial charge in [0.1, 0.15) is 0 Å². The SMILES string of the molecule is C1=CCC=CC(C2(c3ccccc3)CCCCC2)=C1.C=C.CC. The van der Waals surface area contributed by atoms with Gasteiger partial charge in [0.25, 0.3) is 0 Å². The number of allylic oxidation sites excluding steroid dienone is 6. The van der Waals surface area contributed by atoms with Crippen molar-refractivity contribution in [2.45, 2.75) is 57.8 Å². The Kier molecular flexibility index (Phi) is 9.05. The number of rotatable bonds is 2. The summed E-state index contributed by atoms with van der Waals surface area (Å²) in [5.41, 5.74) is 3.26. The predicted molar refractivity (Wildman–Crippen MR) is 105 cm³/mol. The van der Waals surface area contributed by atoms with E-state index in [0.717, 1.165) is 6.42 Å². The molecule has 1 saturated carbocycles. The zero-order chi connectivity index (χ0) is 17.0. The Labute approximate surface area is 143 Å². The molecule has 0 heteroatoms. The summed E-state index contributed by atoms with van der Waals surface area (Å²) >= 11 is 0. The molecule has 1 fully saturated rings. The highest BCUT2D eigenvalue weighted by Gasteiger charge is 2.36. The second-order valence-electron chi connectivity index (χ2n) is 5.70. The number of hydrogen-bond acceptors (Lipinski definition) is 0. The maximum atomic E-state index is 3.00. The molecule has 23 heavy (non-hydrogen) atoms. The molecule has 1 aromatic carbocycles. The van der Waals surface area contributed by atoms with Crippen LogP contribution >= 0.6 is 0 Å². The van der Waals surface area contributed by atoms with Crippen LogP contribution in [0.3, 0.4) is 0 Å². The van der Waals surface area contributed by atoms with Gasteiger partial charge in [-0.2, -0.15) is 0 Å². The van der Waals surface area contributed by atoms with Gasteiger partial charge in [0.2, 0.25) is 0 Å². The Morgan fingerprint density at radius 2 is 1.52 bits per heavy atom. The summed E-state index contributed by atoms with van der Waals surface area (Å²) in [6.45, 7) is 10.0. The third-order valence-electron chi connectivity index (χ3n) is 4.57. The van der Waals surface area contributed by atoms with E-state index in [9.17, 15) is 0 Å². The quantitative estimate of drug-likeness (QED) is 0.508. The zero-order valence-electron chi connectivity index (χ0n) is 14.9. The van der Waals surface area contributed by atoms with E-state index in [1.54, 1.807) is 0 Å². The van der Waals surface area contributed by atoms with E-state index in [1.165, 1.54) is 43.2 Å². The molecule has 0 aromatic heterocycles. The molecule has 124 valence electrons. The molecule has 0 amide bonds. The van der Waals surface area contributed by atoms with Gasteiger partial charge in [-0.25, -0.2) is 0 Å². The van der Waals surface area contributed by atoms with E-state index in [2.05, 4.69) is 73.9 Å². The van der Waals surface area contributed by atoms with E-state index in [4.69, 9.17) is 0 Å². The highest BCUT2D eigenvalue weighted by Crippen LogP contribution is 2.45. The maximum Gasteiger partial charge on any atom is 0.0202 e. The van der Waals surface area contributed by atoms with E-state index >= 15 is 0 Å². The summed E-state index contributed by atoms with van der Waals surface area (Å²) in [7, 11) is 0. The molecule has 2 aliphatic carbocycles. The summed E-state index contributed by atoms with van der Waals surface area (Å²) in [6.07, 6.45) is 19.2. The second-order valence-corrected chi connectivity index (χ2v) is 5.70. The highest BCUT2D eigenvalue weighted by molar-refractivity contribution is 5.44. The third-order valence-corrected chi connectivity index (χ3v) is 4.57. The Hall–Kier alpha value is -1.82. The first-order chi connectivity index (χ1) is 11.4. The Morgan fingerprint density at radius 1 is 0.870 bits per heavy atom. The van der Waals surface area contributed by atoms with Gasteiger partial charge in [0.15, 0.2) is 0 Å². The fraction of sp³-hybridized carbons (Fsp3) is 0.391. The monoisotopic (exact) mass is 308 g/mol. The van der Waals surface area contributed by atoms with Crippen molar-refractivity contribution in [3.8, 4) is 0 Å². The van der Waals surface area contributed by atoms with E-state index < -0.39 is 0 Å². The molecule has 0 atom stereocenters. The smallest absolute Gasteiger partial charge is 0.0202 e. The fourth-order valence-corrected chi connectivity index (χ4v) is 3.55. The summed E-state index contributed by atoms with van der Waals surface area (Å²) in [5.74, 6) is 0. The lowest BCUT2D eigenvalue weighted by molar-refractivity contribution is 0.345. The van der Waals surface area contributed by atoms with Gasteiger partial charge < -0.3 is 0 Å². The van der Waals surface area contributed by atoms with Crippen LogP contribution in [0.2, 0.25) is 0 Å². The Bertz CT molecular complexity index is 510. The van der Waals surface area contributed by atoms with Crippen molar-refractivity contribution in [3.63, 3.8) is 0 Å². The molecule has 0 saturated heterocycles. The minimum absolute atomic E-state index is 0.255. The molecular weight excluding hydrogens is 276 g/mol. The van der Waals surface area contributed by atoms with Crippen molar-refractivity contribution in [2.75, 3.05) is 0 Å². The highest BCUT2D eigenvalue weighted by atomic mass is 14.4. The minimum atomic E-state index is 0.255. The fourth-order valence-electron chi connectivity index (χ4n) is 3.55. The molecule has 0 nitrogen and oxygen atoms in total. The van der Waals surface area contributed by atoms with Crippen LogP contribution in [0.1, 0.15) is 57.9 Å². The van der Waals surface area contributed by atoms with E-state index in [-0.39, 0.29) is 5.41 Å². The lowest BCUT2D eigenvalue weighted by atomic mass is 9.64. The second kappa shape index (κ2) is 10.8. The van der Waals surface area contributed by atoms with Gasteiger partial charge in [-0.15, -0.1) is 13.2 Å². The predicted octanol–water partition coefficient (Wildman–Crippen LogP) is 7.16. The van der Waals surface area contributed by atoms with E-state index in [1.807, 2.05) is 13.8 Å². The van der Waals surface area contributed by atoms with Crippen LogP contribution in [-0.4, -0.2) is 0 Å². The largest absolute Gasteiger partial charge is 0.106 e. The van der Waals surface area contributed by atoms with Gasteiger partial charge in [-0.05, 0) is 30.4 Å². The molecule has 0 radical (unpaired) electrons. The number of benzene rings is 1. The van der Waals surface area contributed by atoms with Crippen LogP contribution < -0.4 is 0 Å². The molecule has 2 aliphatic rings. The summed E-state index contributed by atoms with van der Waals surface area (Å²) in [4.78, 5) is 0. The Balaban J connectivity index is 0.000000615. The van der Waals surface area contributed by atoms with Crippen LogP contribution in [0.5, 0.6) is 0 Å². The van der Waals surface area contributed by atoms with Crippen molar-refractivity contribution in [1.29, 1.82) is 0 Å². The minimum Gasteiger partial charge on any atom is -0.106 e. The zero-order valence-corrected chi connectivity index (χ0v) is 14.9. The van der Waals surface area contributed by atoms with Crippen molar-refractivity contribution in [3.05, 3.63) is 85.0 Å². The van der Waals surface area contributed by atoms with Crippen LogP contribution in [-0.2, 0) is 5.41 Å². The first-order valence-corrected chi connectivity index (χ1v) is 9.01. The molecule has 0 heterocycles. The first kappa shape index (κ1) is 19.2. The third kappa shape index (κ3) is 4.82. The van der Waals surface area contributed by atoms with E-state index in [0.29, 0.717) is 0 Å². The van der Waals surface area contributed by atoms with Crippen molar-refractivity contribution in [1.82, 2.24) is 0 Å².